The lowest BCUT2D eigenvalue weighted by Crippen LogP contribution is -2.29. The highest BCUT2D eigenvalue weighted by molar-refractivity contribution is 7.91. The third kappa shape index (κ3) is 7.92. The van der Waals surface area contributed by atoms with Crippen molar-refractivity contribution >= 4 is 19.7 Å². The van der Waals surface area contributed by atoms with Crippen LogP contribution in [0, 0.1) is 6.92 Å². The highest BCUT2D eigenvalue weighted by atomic mass is 32.2. The molecule has 0 heterocycles. The molecular formula is C58H52O6S2. The number of hydrogen-bond acceptors (Lipinski definition) is 6. The Morgan fingerprint density at radius 2 is 0.803 bits per heavy atom. The molecule has 0 saturated heterocycles. The molecule has 66 heavy (non-hydrogen) atoms. The molecular weight excluding hydrogens is 857 g/mol. The van der Waals surface area contributed by atoms with Crippen LogP contribution in [-0.4, -0.2) is 16.8 Å². The Bertz CT molecular complexity index is 3220. The Labute approximate surface area is 389 Å². The number of ether oxygens (including phenoxy) is 2. The fourth-order valence-corrected chi connectivity index (χ4v) is 11.6. The Kier molecular flexibility index (Phi) is 11.4. The molecule has 8 aromatic carbocycles. The van der Waals surface area contributed by atoms with Gasteiger partial charge in [-0.3, -0.25) is 0 Å². The van der Waals surface area contributed by atoms with Gasteiger partial charge in [0.15, 0.2) is 0 Å². The molecule has 0 aromatic heterocycles. The van der Waals surface area contributed by atoms with Gasteiger partial charge in [0.1, 0.15) is 22.8 Å². The van der Waals surface area contributed by atoms with Gasteiger partial charge in [-0.2, -0.15) is 0 Å². The minimum atomic E-state index is -3.71. The highest BCUT2D eigenvalue weighted by Gasteiger charge is 2.46. The van der Waals surface area contributed by atoms with Gasteiger partial charge in [-0.1, -0.05) is 142 Å². The van der Waals surface area contributed by atoms with E-state index < -0.39 is 30.7 Å². The number of hydrogen-bond donors (Lipinski definition) is 0. The van der Waals surface area contributed by atoms with Crippen LogP contribution in [0.25, 0.3) is 11.1 Å². The number of sulfone groups is 2. The van der Waals surface area contributed by atoms with Crippen LogP contribution in [0.4, 0.5) is 0 Å². The van der Waals surface area contributed by atoms with E-state index in [9.17, 15) is 16.8 Å². The van der Waals surface area contributed by atoms with E-state index in [0.717, 1.165) is 38.9 Å². The van der Waals surface area contributed by atoms with Crippen LogP contribution in [0.1, 0.15) is 80.0 Å². The van der Waals surface area contributed by atoms with Gasteiger partial charge in [0.25, 0.3) is 0 Å². The van der Waals surface area contributed by atoms with Gasteiger partial charge in [-0.15, -0.1) is 0 Å². The zero-order valence-electron chi connectivity index (χ0n) is 37.9. The van der Waals surface area contributed by atoms with Crippen LogP contribution in [0.3, 0.4) is 0 Å². The minimum Gasteiger partial charge on any atom is -0.483 e. The average molecular weight is 909 g/mol. The highest BCUT2D eigenvalue weighted by Crippen LogP contribution is 2.56. The first-order valence-corrected chi connectivity index (χ1v) is 25.2. The van der Waals surface area contributed by atoms with Gasteiger partial charge >= 0.3 is 0 Å². The van der Waals surface area contributed by atoms with E-state index in [0.29, 0.717) is 23.7 Å². The van der Waals surface area contributed by atoms with Gasteiger partial charge in [0.05, 0.1) is 25.0 Å². The summed E-state index contributed by atoms with van der Waals surface area (Å²) in [6, 6.07) is 61.1. The second-order valence-electron chi connectivity index (χ2n) is 18.3. The maximum atomic E-state index is 13.5. The third-order valence-electron chi connectivity index (χ3n) is 13.1. The Morgan fingerprint density at radius 1 is 0.439 bits per heavy atom. The van der Waals surface area contributed by atoms with Crippen LogP contribution >= 0.6 is 0 Å². The molecule has 332 valence electrons. The molecule has 0 amide bonds. The molecule has 0 radical (unpaired) electrons. The lowest BCUT2D eigenvalue weighted by atomic mass is 9.67. The van der Waals surface area contributed by atoms with E-state index in [2.05, 4.69) is 100 Å². The van der Waals surface area contributed by atoms with Crippen molar-refractivity contribution in [3.63, 3.8) is 0 Å². The average Bonchev–Trinajstić information content (AvgIpc) is 3.63. The molecule has 0 bridgehead atoms. The van der Waals surface area contributed by atoms with Crippen LogP contribution < -0.4 is 9.47 Å². The van der Waals surface area contributed by atoms with Crippen LogP contribution in [-0.2, 0) is 36.1 Å². The smallest absolute Gasteiger partial charge is 0.206 e. The Balaban J connectivity index is 0.999. The van der Waals surface area contributed by atoms with Crippen molar-refractivity contribution in [2.75, 3.05) is 0 Å². The first kappa shape index (κ1) is 44.5. The van der Waals surface area contributed by atoms with Crippen molar-refractivity contribution in [3.05, 3.63) is 233 Å². The molecule has 1 unspecified atom stereocenters. The molecule has 8 aromatic rings. The normalized spacial score (nSPS) is 14.2. The molecule has 0 saturated carbocycles. The number of aryl methyl sites for hydroxylation is 1. The van der Waals surface area contributed by atoms with Gasteiger partial charge in [-0.05, 0) is 155 Å². The Morgan fingerprint density at radius 3 is 1.23 bits per heavy atom. The minimum absolute atomic E-state index is 0.0812. The summed E-state index contributed by atoms with van der Waals surface area (Å²) in [5.41, 5.74) is 8.24. The van der Waals surface area contributed by atoms with Crippen molar-refractivity contribution in [3.8, 4) is 28.4 Å². The van der Waals surface area contributed by atoms with Crippen LogP contribution in [0.5, 0.6) is 17.2 Å². The fraction of sp³-hybridized carbons (Fsp3) is 0.172. The summed E-state index contributed by atoms with van der Waals surface area (Å²) in [5.74, 6) is 1.83. The van der Waals surface area contributed by atoms with Crippen molar-refractivity contribution in [1.82, 2.24) is 0 Å². The summed E-state index contributed by atoms with van der Waals surface area (Å²) in [7, 11) is -7.38. The lowest BCUT2D eigenvalue weighted by molar-refractivity contribution is 0.0825. The maximum absolute atomic E-state index is 13.5. The van der Waals surface area contributed by atoms with Crippen molar-refractivity contribution in [2.24, 2.45) is 0 Å². The SMILES string of the molecule is CCC(C)(Oc1ccc(C2(c3ccc(Oc4ccc(S(=O)(=O)c5ccc(C(C)(C)C)cc5)cc4)cc3)c3ccccc3-c3ccccc32)cc1)c1ccc(S(=O)(=O)c2ccc(C)cc2)cc1. The molecule has 1 aliphatic carbocycles. The largest absolute Gasteiger partial charge is 0.483 e. The number of rotatable bonds is 12. The van der Waals surface area contributed by atoms with E-state index in [1.807, 2.05) is 74.5 Å². The van der Waals surface area contributed by atoms with E-state index in [1.54, 1.807) is 60.7 Å². The lowest BCUT2D eigenvalue weighted by Gasteiger charge is -2.34. The van der Waals surface area contributed by atoms with E-state index in [-0.39, 0.29) is 25.0 Å². The second kappa shape index (κ2) is 16.9. The molecule has 1 aliphatic rings. The first-order chi connectivity index (χ1) is 31.5. The molecule has 0 fully saturated rings. The Hall–Kier alpha value is -6.74. The van der Waals surface area contributed by atoms with Gasteiger partial charge in [0, 0.05) is 0 Å². The third-order valence-corrected chi connectivity index (χ3v) is 16.6. The monoisotopic (exact) mass is 908 g/mol. The summed E-state index contributed by atoms with van der Waals surface area (Å²) >= 11 is 0. The van der Waals surface area contributed by atoms with Gasteiger partial charge in [0.2, 0.25) is 19.7 Å². The molecule has 0 aliphatic heterocycles. The molecule has 0 N–H and O–H groups in total. The molecule has 8 heteroatoms. The first-order valence-electron chi connectivity index (χ1n) is 22.2. The zero-order valence-corrected chi connectivity index (χ0v) is 39.6. The predicted octanol–water partition coefficient (Wildman–Crippen LogP) is 13.8. The second-order valence-corrected chi connectivity index (χ2v) is 22.2. The van der Waals surface area contributed by atoms with E-state index in [4.69, 9.17) is 9.47 Å². The molecule has 9 rings (SSSR count). The van der Waals surface area contributed by atoms with Crippen molar-refractivity contribution < 1.29 is 26.3 Å². The molecule has 0 spiro atoms. The predicted molar refractivity (Wildman–Crippen MR) is 262 cm³/mol. The molecule has 6 nitrogen and oxygen atoms in total. The fourth-order valence-electron chi connectivity index (χ4n) is 9.10. The number of benzene rings is 8. The quantitative estimate of drug-likeness (QED) is 0.121. The summed E-state index contributed by atoms with van der Waals surface area (Å²) in [6.07, 6.45) is 0.646. The van der Waals surface area contributed by atoms with Crippen molar-refractivity contribution in [1.29, 1.82) is 0 Å². The summed E-state index contributed by atoms with van der Waals surface area (Å²) in [4.78, 5) is 0.954. The summed E-state index contributed by atoms with van der Waals surface area (Å²) in [5, 5.41) is 0. The topological polar surface area (TPSA) is 86.7 Å². The standard InChI is InChI=1S/C58H52O6S2/c1-7-57(6,42-24-36-50(37-25-42)65(59,60)48-32-16-40(2)17-33-48)64-47-28-20-44(21-29-47)58(54-14-10-8-12-52(54)53-13-9-11-15-55(53)58)43-18-26-45(27-19-43)63-46-30-38-51(39-31-46)66(61,62)49-34-22-41(23-35-49)56(3,4)5/h8-39H,7H2,1-6H3. The summed E-state index contributed by atoms with van der Waals surface area (Å²) < 4.78 is 67.0. The molecule has 1 atom stereocenters. The summed E-state index contributed by atoms with van der Waals surface area (Å²) in [6.45, 7) is 12.3. The van der Waals surface area contributed by atoms with Crippen LogP contribution in [0.2, 0.25) is 0 Å². The zero-order chi connectivity index (χ0) is 46.5. The van der Waals surface area contributed by atoms with Crippen molar-refractivity contribution in [2.45, 2.75) is 84.0 Å². The maximum Gasteiger partial charge on any atom is 0.206 e. The van der Waals surface area contributed by atoms with Gasteiger partial charge in [-0.25, -0.2) is 16.8 Å². The van der Waals surface area contributed by atoms with Gasteiger partial charge < -0.3 is 9.47 Å². The van der Waals surface area contributed by atoms with Crippen LogP contribution in [0.15, 0.2) is 214 Å². The number of fused-ring (bicyclic) bond motifs is 3. The van der Waals surface area contributed by atoms with E-state index >= 15 is 0 Å². The van der Waals surface area contributed by atoms with E-state index in [1.165, 1.54) is 11.1 Å².